The third-order valence-corrected chi connectivity index (χ3v) is 4.37. The van der Waals surface area contributed by atoms with Crippen molar-refractivity contribution in [3.8, 4) is 0 Å². The molecule has 0 bridgehead atoms. The van der Waals surface area contributed by atoms with Crippen LogP contribution in [-0.4, -0.2) is 5.09 Å². The topological polar surface area (TPSA) is 94.3 Å². The molecule has 0 spiro atoms. The van der Waals surface area contributed by atoms with Crippen molar-refractivity contribution in [3.05, 3.63) is 50.1 Å². The number of nitrogens with zero attached hydrogens (tertiary/aromatic N) is 3. The van der Waals surface area contributed by atoms with Gasteiger partial charge in [0.1, 0.15) is 0 Å². The lowest BCUT2D eigenvalue weighted by Crippen LogP contribution is -1.86. The van der Waals surface area contributed by atoms with Crippen LogP contribution in [0.4, 0.5) is 5.69 Å². The third kappa shape index (κ3) is 16.7. The zero-order valence-corrected chi connectivity index (χ0v) is 16.1. The summed E-state index contributed by atoms with van der Waals surface area (Å²) in [6.07, 6.45) is 17.9. The molecule has 0 saturated heterocycles. The molecule has 0 N–H and O–H groups in total. The lowest BCUT2D eigenvalue weighted by atomic mass is 10.0. The molecule has 146 valence electrons. The summed E-state index contributed by atoms with van der Waals surface area (Å²) >= 11 is 0. The molecule has 0 aliphatic heterocycles. The van der Waals surface area contributed by atoms with E-state index in [4.69, 9.17) is 20.7 Å². The highest BCUT2D eigenvalue weighted by molar-refractivity contribution is 5.44. The van der Waals surface area contributed by atoms with Gasteiger partial charge in [0.15, 0.2) is 4.98 Å². The predicted octanol–water partition coefficient (Wildman–Crippen LogP) is 7.18. The second kappa shape index (κ2) is 17.7. The maximum atomic E-state index is 8.64. The molecule has 26 heavy (non-hydrogen) atoms. The molecule has 0 amide bonds. The Morgan fingerprint density at radius 1 is 0.808 bits per heavy atom. The van der Waals surface area contributed by atoms with Crippen molar-refractivity contribution in [2.45, 2.75) is 90.4 Å². The first-order valence-electron chi connectivity index (χ1n) is 9.85. The number of diazo groups is 1. The summed E-state index contributed by atoms with van der Waals surface area (Å²) in [5.74, 6) is 0. The second-order valence-corrected chi connectivity index (χ2v) is 6.63. The molecule has 0 saturated carbocycles. The molecule has 0 aliphatic rings. The molecule has 1 rings (SSSR count). The van der Waals surface area contributed by atoms with E-state index in [1.807, 2.05) is 12.1 Å². The molecule has 6 heteroatoms. The van der Waals surface area contributed by atoms with Gasteiger partial charge in [0.25, 0.3) is 0 Å². The van der Waals surface area contributed by atoms with E-state index in [2.05, 4.69) is 24.0 Å². The number of aryl methyl sites for hydroxylation is 1. The zero-order chi connectivity index (χ0) is 19.5. The summed E-state index contributed by atoms with van der Waals surface area (Å²) in [5, 5.41) is 23.4. The van der Waals surface area contributed by atoms with E-state index in [0.29, 0.717) is 5.69 Å². The smallest absolute Gasteiger partial charge is 0.356 e. The van der Waals surface area contributed by atoms with Crippen molar-refractivity contribution in [2.75, 3.05) is 0 Å². The van der Waals surface area contributed by atoms with Gasteiger partial charge in [0.2, 0.25) is 5.39 Å². The minimum atomic E-state index is -1.75. The van der Waals surface area contributed by atoms with Crippen molar-refractivity contribution >= 4 is 5.69 Å². The Bertz CT molecular complexity index is 494. The molecule has 0 aromatic heterocycles. The van der Waals surface area contributed by atoms with E-state index in [1.54, 1.807) is 0 Å². The fourth-order valence-electron chi connectivity index (χ4n) is 2.90. The largest absolute Gasteiger partial charge is 0.385 e. The van der Waals surface area contributed by atoms with Crippen molar-refractivity contribution in [1.29, 1.82) is 5.39 Å². The Morgan fingerprint density at radius 2 is 1.19 bits per heavy atom. The number of benzene rings is 1. The zero-order valence-electron chi connectivity index (χ0n) is 16.1. The van der Waals surface area contributed by atoms with Gasteiger partial charge in [-0.2, -0.15) is 0 Å². The summed E-state index contributed by atoms with van der Waals surface area (Å²) in [6, 6.07) is 7.87. The van der Waals surface area contributed by atoms with E-state index in [0.717, 1.165) is 6.42 Å². The van der Waals surface area contributed by atoms with Crippen LogP contribution in [0.1, 0.15) is 89.5 Å². The van der Waals surface area contributed by atoms with Gasteiger partial charge in [0.05, 0.1) is 5.09 Å². The van der Waals surface area contributed by atoms with Crippen LogP contribution in [0, 0.1) is 20.7 Å². The fraction of sp³-hybridized carbons (Fsp3) is 0.700. The molecule has 0 aliphatic carbocycles. The number of rotatable bonds is 13. The molecule has 0 atom stereocenters. The van der Waals surface area contributed by atoms with Gasteiger partial charge < -0.3 is 15.3 Å². The normalized spacial score (nSPS) is 9.85. The fourth-order valence-corrected chi connectivity index (χ4v) is 2.90. The first kappa shape index (κ1) is 23.8. The molecular weight excluding hydrogens is 330 g/mol. The Kier molecular flexibility index (Phi) is 16.2. The molecule has 0 unspecified atom stereocenters. The van der Waals surface area contributed by atoms with E-state index in [-0.39, 0.29) is 0 Å². The van der Waals surface area contributed by atoms with E-state index < -0.39 is 5.09 Å². The van der Waals surface area contributed by atoms with Crippen molar-refractivity contribution in [2.24, 2.45) is 0 Å². The van der Waals surface area contributed by atoms with Gasteiger partial charge in [-0.15, -0.1) is 0 Å². The highest BCUT2D eigenvalue weighted by atomic mass is 16.9. The van der Waals surface area contributed by atoms with Crippen LogP contribution < -0.4 is 0 Å². The molecule has 1 aromatic carbocycles. The Labute approximate surface area is 157 Å². The summed E-state index contributed by atoms with van der Waals surface area (Å²) < 4.78 is 0. The second-order valence-electron chi connectivity index (χ2n) is 6.63. The highest BCUT2D eigenvalue weighted by Gasteiger charge is 2.02. The van der Waals surface area contributed by atoms with Gasteiger partial charge >= 0.3 is 5.69 Å². The van der Waals surface area contributed by atoms with Crippen molar-refractivity contribution in [1.82, 2.24) is 0 Å². The number of unbranched alkanes of at least 4 members (excludes halogenated alkanes) is 11. The highest BCUT2D eigenvalue weighted by Crippen LogP contribution is 2.16. The Morgan fingerprint density at radius 3 is 1.58 bits per heavy atom. The summed E-state index contributed by atoms with van der Waals surface area (Å²) in [4.78, 5) is 11.4. The van der Waals surface area contributed by atoms with Crippen LogP contribution in [0.3, 0.4) is 0 Å². The van der Waals surface area contributed by atoms with Crippen LogP contribution in [0.15, 0.2) is 24.3 Å². The van der Waals surface area contributed by atoms with Gasteiger partial charge in [-0.1, -0.05) is 89.7 Å². The number of hydrogen-bond acceptors (Lipinski definition) is 4. The average Bonchev–Trinajstić information content (AvgIpc) is 2.62. The van der Waals surface area contributed by atoms with Crippen LogP contribution in [-0.2, 0) is 6.42 Å². The minimum Gasteiger partial charge on any atom is -0.356 e. The van der Waals surface area contributed by atoms with Gasteiger partial charge in [-0.3, -0.25) is 0 Å². The first-order chi connectivity index (χ1) is 12.6. The maximum Gasteiger partial charge on any atom is 0.385 e. The van der Waals surface area contributed by atoms with Gasteiger partial charge in [-0.05, 0) is 18.4 Å². The van der Waals surface area contributed by atoms with Crippen LogP contribution in [0.2, 0.25) is 0 Å². The third-order valence-electron chi connectivity index (χ3n) is 4.37. The average molecular weight is 364 g/mol. The molecule has 0 fully saturated rings. The molecule has 6 nitrogen and oxygen atoms in total. The minimum absolute atomic E-state index is 0.637. The molecule has 1 aromatic rings. The summed E-state index contributed by atoms with van der Waals surface area (Å²) in [5.41, 5.74) is 1.98. The lowest BCUT2D eigenvalue weighted by Gasteiger charge is -2.03. The molecule has 0 radical (unpaired) electrons. The standard InChI is InChI=1S/C20H33N2.NO3/c1-2-3-4-5-6-7-8-9-10-11-12-13-14-19-15-17-20(22-21)18-16-19;2-1(3)4/h15-18H,2-14H2,1H3;/q+1;-1. The maximum absolute atomic E-state index is 8.64. The predicted molar refractivity (Wildman–Crippen MR) is 106 cm³/mol. The monoisotopic (exact) mass is 363 g/mol. The SMILES string of the molecule is CCCCCCCCCCCCCCc1ccc([N+]#N)cc1.O=[N+]([O-])[O-]. The molecular formula is C20H33N3O3. The van der Waals surface area contributed by atoms with Crippen molar-refractivity contribution < 1.29 is 5.09 Å². The Balaban J connectivity index is 0.00000141. The summed E-state index contributed by atoms with van der Waals surface area (Å²) in [6.45, 7) is 2.28. The van der Waals surface area contributed by atoms with Crippen LogP contribution in [0.5, 0.6) is 0 Å². The van der Waals surface area contributed by atoms with Crippen LogP contribution in [0.25, 0.3) is 4.98 Å². The quantitative estimate of drug-likeness (QED) is 0.160. The van der Waals surface area contributed by atoms with Gasteiger partial charge in [0, 0.05) is 12.1 Å². The molecule has 0 heterocycles. The van der Waals surface area contributed by atoms with E-state index >= 15 is 0 Å². The van der Waals surface area contributed by atoms with Crippen molar-refractivity contribution in [3.63, 3.8) is 0 Å². The van der Waals surface area contributed by atoms with Gasteiger partial charge in [-0.25, -0.2) is 0 Å². The number of hydrogen-bond donors (Lipinski definition) is 0. The van der Waals surface area contributed by atoms with Crippen LogP contribution >= 0.6 is 0 Å². The van der Waals surface area contributed by atoms with E-state index in [1.165, 1.54) is 82.6 Å². The first-order valence-corrected chi connectivity index (χ1v) is 9.85. The Hall–Kier alpha value is -2.16. The summed E-state index contributed by atoms with van der Waals surface area (Å²) in [7, 11) is 0. The lowest BCUT2D eigenvalue weighted by molar-refractivity contribution is -0.402. The van der Waals surface area contributed by atoms with E-state index in [9.17, 15) is 0 Å².